The van der Waals surface area contributed by atoms with Crippen molar-refractivity contribution in [1.82, 2.24) is 4.90 Å². The van der Waals surface area contributed by atoms with Crippen molar-refractivity contribution >= 4 is 11.4 Å². The van der Waals surface area contributed by atoms with Crippen molar-refractivity contribution in [1.29, 1.82) is 5.41 Å². The summed E-state index contributed by atoms with van der Waals surface area (Å²) in [7, 11) is 1.90. The Bertz CT molecular complexity index is 418. The lowest BCUT2D eigenvalue weighted by Crippen LogP contribution is -2.22. The fourth-order valence-electron chi connectivity index (χ4n) is 1.46. The first kappa shape index (κ1) is 13.6. The minimum atomic E-state index is -1.03. The second-order valence-electron chi connectivity index (χ2n) is 3.95. The van der Waals surface area contributed by atoms with Gasteiger partial charge in [-0.2, -0.15) is 0 Å². The molecule has 0 bridgehead atoms. The fourth-order valence-corrected chi connectivity index (χ4v) is 1.46. The number of nitrogen functional groups attached to an aromatic ring is 1. The van der Waals surface area contributed by atoms with Crippen LogP contribution in [0, 0.1) is 17.0 Å². The summed E-state index contributed by atoms with van der Waals surface area (Å²) in [4.78, 5) is 1.99. The van der Waals surface area contributed by atoms with E-state index >= 15 is 0 Å². The lowest BCUT2D eigenvalue weighted by atomic mass is 10.0. The summed E-state index contributed by atoms with van der Waals surface area (Å²) in [5.41, 5.74) is 5.59. The number of rotatable bonds is 5. The molecule has 0 saturated carbocycles. The molecule has 0 saturated heterocycles. The molecule has 0 unspecified atom stereocenters. The van der Waals surface area contributed by atoms with E-state index in [1.54, 1.807) is 0 Å². The van der Waals surface area contributed by atoms with Crippen LogP contribution in [0.2, 0.25) is 0 Å². The molecular weight excluding hydrogens is 224 g/mol. The average molecular weight is 241 g/mol. The van der Waals surface area contributed by atoms with E-state index in [2.05, 4.69) is 0 Å². The van der Waals surface area contributed by atoms with Crippen LogP contribution in [-0.2, 0) is 0 Å². The maximum Gasteiger partial charge on any atom is 0.169 e. The van der Waals surface area contributed by atoms with Gasteiger partial charge in [-0.25, -0.2) is 8.78 Å². The predicted molar refractivity (Wildman–Crippen MR) is 65.4 cm³/mol. The van der Waals surface area contributed by atoms with Crippen LogP contribution in [-0.4, -0.2) is 30.7 Å². The number of hydrogen-bond acceptors (Lipinski definition) is 3. The van der Waals surface area contributed by atoms with E-state index in [-0.39, 0.29) is 17.0 Å². The minimum Gasteiger partial charge on any atom is -0.398 e. The summed E-state index contributed by atoms with van der Waals surface area (Å²) in [6, 6.07) is 2.26. The monoisotopic (exact) mass is 241 g/mol. The third kappa shape index (κ3) is 3.23. The van der Waals surface area contributed by atoms with Gasteiger partial charge in [-0.05, 0) is 25.7 Å². The summed E-state index contributed by atoms with van der Waals surface area (Å²) in [6.07, 6.45) is 0.342. The molecule has 1 aromatic rings. The Kier molecular flexibility index (Phi) is 4.57. The largest absolute Gasteiger partial charge is 0.398 e. The molecule has 1 aromatic carbocycles. The Morgan fingerprint density at radius 2 is 2.06 bits per heavy atom. The summed E-state index contributed by atoms with van der Waals surface area (Å²) in [5, 5.41) is 7.76. The molecule has 0 atom stereocenters. The van der Waals surface area contributed by atoms with Gasteiger partial charge in [0.25, 0.3) is 0 Å². The third-order valence-corrected chi connectivity index (χ3v) is 2.71. The highest BCUT2D eigenvalue weighted by Crippen LogP contribution is 2.20. The third-order valence-electron chi connectivity index (χ3n) is 2.71. The highest BCUT2D eigenvalue weighted by molar-refractivity contribution is 6.02. The van der Waals surface area contributed by atoms with Gasteiger partial charge in [0.2, 0.25) is 0 Å². The van der Waals surface area contributed by atoms with Crippen LogP contribution in [0.1, 0.15) is 18.9 Å². The first-order valence-corrected chi connectivity index (χ1v) is 5.47. The van der Waals surface area contributed by atoms with Gasteiger partial charge in [0, 0.05) is 24.4 Å². The molecule has 0 aliphatic rings. The maximum atomic E-state index is 13.5. The van der Waals surface area contributed by atoms with Crippen molar-refractivity contribution in [3.8, 4) is 0 Å². The molecule has 0 amide bonds. The van der Waals surface area contributed by atoms with Gasteiger partial charge in [0.05, 0.1) is 5.56 Å². The highest BCUT2D eigenvalue weighted by Gasteiger charge is 2.16. The zero-order valence-corrected chi connectivity index (χ0v) is 10.1. The van der Waals surface area contributed by atoms with Crippen molar-refractivity contribution in [2.75, 3.05) is 25.9 Å². The maximum absolute atomic E-state index is 13.5. The van der Waals surface area contributed by atoms with E-state index in [0.29, 0.717) is 13.0 Å². The molecular formula is C12H17F2N3. The number of hydrogen-bond donors (Lipinski definition) is 2. The molecule has 0 heterocycles. The smallest absolute Gasteiger partial charge is 0.169 e. The number of nitrogens with two attached hydrogens (primary N) is 1. The summed E-state index contributed by atoms with van der Waals surface area (Å²) in [5.74, 6) is -2.00. The van der Waals surface area contributed by atoms with Crippen molar-refractivity contribution in [3.63, 3.8) is 0 Å². The van der Waals surface area contributed by atoms with Crippen molar-refractivity contribution in [3.05, 3.63) is 29.3 Å². The van der Waals surface area contributed by atoms with Crippen molar-refractivity contribution in [2.45, 2.75) is 13.3 Å². The van der Waals surface area contributed by atoms with Crippen LogP contribution in [0.25, 0.3) is 0 Å². The topological polar surface area (TPSA) is 53.1 Å². The Morgan fingerprint density at radius 3 is 2.65 bits per heavy atom. The molecule has 0 aliphatic carbocycles. The van der Waals surface area contributed by atoms with E-state index < -0.39 is 11.6 Å². The number of nitrogens with one attached hydrogen (secondary N) is 1. The molecule has 1 rings (SSSR count). The van der Waals surface area contributed by atoms with E-state index in [1.165, 1.54) is 6.07 Å². The molecule has 0 aliphatic heterocycles. The molecule has 5 heteroatoms. The molecule has 3 nitrogen and oxygen atoms in total. The Labute approximate surface area is 99.7 Å². The summed E-state index contributed by atoms with van der Waals surface area (Å²) in [6.45, 7) is 3.44. The van der Waals surface area contributed by atoms with Crippen LogP contribution in [0.5, 0.6) is 0 Å². The normalized spacial score (nSPS) is 10.9. The lowest BCUT2D eigenvalue weighted by Gasteiger charge is -2.15. The SMILES string of the molecule is CCN(C)CCC(=N)c1c(N)ccc(F)c1F. The van der Waals surface area contributed by atoms with E-state index in [1.807, 2.05) is 18.9 Å². The lowest BCUT2D eigenvalue weighted by molar-refractivity contribution is 0.364. The van der Waals surface area contributed by atoms with E-state index in [4.69, 9.17) is 11.1 Å². The molecule has 0 aromatic heterocycles. The molecule has 0 spiro atoms. The van der Waals surface area contributed by atoms with Crippen LogP contribution < -0.4 is 5.73 Å². The number of halogens is 2. The first-order valence-electron chi connectivity index (χ1n) is 5.47. The van der Waals surface area contributed by atoms with Gasteiger partial charge in [-0.1, -0.05) is 6.92 Å². The van der Waals surface area contributed by atoms with Crippen molar-refractivity contribution < 1.29 is 8.78 Å². The Hall–Kier alpha value is -1.49. The van der Waals surface area contributed by atoms with E-state index in [9.17, 15) is 8.78 Å². The van der Waals surface area contributed by atoms with Gasteiger partial charge >= 0.3 is 0 Å². The van der Waals surface area contributed by atoms with Gasteiger partial charge in [0.15, 0.2) is 11.6 Å². The van der Waals surface area contributed by atoms with Gasteiger partial charge in [0.1, 0.15) is 0 Å². The molecule has 3 N–H and O–H groups in total. The zero-order chi connectivity index (χ0) is 13.0. The van der Waals surface area contributed by atoms with Gasteiger partial charge in [-0.3, -0.25) is 0 Å². The second kappa shape index (κ2) is 5.72. The molecule has 17 heavy (non-hydrogen) atoms. The van der Waals surface area contributed by atoms with Crippen LogP contribution >= 0.6 is 0 Å². The average Bonchev–Trinajstić information content (AvgIpc) is 2.31. The number of anilines is 1. The molecule has 0 fully saturated rings. The Balaban J connectivity index is 2.86. The van der Waals surface area contributed by atoms with Crippen LogP contribution in [0.3, 0.4) is 0 Å². The quantitative estimate of drug-likeness (QED) is 0.613. The Morgan fingerprint density at radius 1 is 1.41 bits per heavy atom. The first-order chi connectivity index (χ1) is 7.97. The molecule has 0 radical (unpaired) electrons. The van der Waals surface area contributed by atoms with Gasteiger partial charge < -0.3 is 16.0 Å². The second-order valence-corrected chi connectivity index (χ2v) is 3.95. The predicted octanol–water partition coefficient (Wildman–Crippen LogP) is 2.26. The highest BCUT2D eigenvalue weighted by atomic mass is 19.2. The summed E-state index contributed by atoms with van der Waals surface area (Å²) >= 11 is 0. The summed E-state index contributed by atoms with van der Waals surface area (Å²) < 4.78 is 26.6. The zero-order valence-electron chi connectivity index (χ0n) is 10.1. The minimum absolute atomic E-state index is 0.0276. The van der Waals surface area contributed by atoms with E-state index in [0.717, 1.165) is 12.6 Å². The standard InChI is InChI=1S/C12H17F2N3/c1-3-17(2)7-6-10(16)11-9(15)5-4-8(13)12(11)14/h4-5,16H,3,6-7,15H2,1-2H3. The fraction of sp³-hybridized carbons (Fsp3) is 0.417. The van der Waals surface area contributed by atoms with Crippen molar-refractivity contribution in [2.24, 2.45) is 0 Å². The number of benzene rings is 1. The van der Waals surface area contributed by atoms with Crippen LogP contribution in [0.15, 0.2) is 12.1 Å². The molecule has 94 valence electrons. The van der Waals surface area contributed by atoms with Gasteiger partial charge in [-0.15, -0.1) is 0 Å². The van der Waals surface area contributed by atoms with Crippen LogP contribution in [0.4, 0.5) is 14.5 Å². The number of nitrogens with zero attached hydrogens (tertiary/aromatic N) is 1.